The first-order chi connectivity index (χ1) is 18.7. The first-order valence-electron chi connectivity index (χ1n) is 13.6. The summed E-state index contributed by atoms with van der Waals surface area (Å²) >= 11 is 0. The van der Waals surface area contributed by atoms with Crippen LogP contribution in [0.5, 0.6) is 0 Å². The monoisotopic (exact) mass is 582 g/mol. The third kappa shape index (κ3) is 4.60. The highest BCUT2D eigenvalue weighted by Crippen LogP contribution is 2.60. The van der Waals surface area contributed by atoms with E-state index >= 15 is 0 Å². The number of hydrogen-bond donors (Lipinski definition) is 0. The Kier molecular flexibility index (Phi) is 7.25. The van der Waals surface area contributed by atoms with Crippen molar-refractivity contribution in [3.63, 3.8) is 0 Å². The molecule has 216 valence electrons. The molecule has 0 N–H and O–H groups in total. The Bertz CT molecular complexity index is 1420. The van der Waals surface area contributed by atoms with Gasteiger partial charge >= 0.3 is 6.18 Å². The molecule has 4 atom stereocenters. The minimum absolute atomic E-state index is 0.00648. The Morgan fingerprint density at radius 3 is 2.23 bits per heavy atom. The fourth-order valence-electron chi connectivity index (χ4n) is 7.18. The van der Waals surface area contributed by atoms with Gasteiger partial charge in [-0.2, -0.15) is 13.2 Å². The topological polar surface area (TPSA) is 68.3 Å². The minimum atomic E-state index is -5.15. The van der Waals surface area contributed by atoms with Gasteiger partial charge in [0.15, 0.2) is 9.84 Å². The number of ketones is 2. The van der Waals surface area contributed by atoms with Gasteiger partial charge in [-0.05, 0) is 98.2 Å². The fraction of sp³-hybridized carbons (Fsp3) is 0.533. The van der Waals surface area contributed by atoms with Crippen molar-refractivity contribution in [1.82, 2.24) is 0 Å². The van der Waals surface area contributed by atoms with Crippen molar-refractivity contribution in [3.05, 3.63) is 65.0 Å². The lowest BCUT2D eigenvalue weighted by atomic mass is 9.71. The maximum absolute atomic E-state index is 14.9. The van der Waals surface area contributed by atoms with Crippen molar-refractivity contribution < 1.29 is 40.0 Å². The summed E-state index contributed by atoms with van der Waals surface area (Å²) in [5.41, 5.74) is -3.55. The minimum Gasteiger partial charge on any atom is -0.300 e. The molecule has 2 saturated carbocycles. The predicted molar refractivity (Wildman–Crippen MR) is 137 cm³/mol. The zero-order valence-electron chi connectivity index (χ0n) is 22.1. The standard InChI is InChI=1S/C30H31F5O4S/c1-28(32,30(33,34)35)21-5-13-26-19(16-21)4-12-25-20(17-27(37)18-2-8-23(36)9-3-18)14-15-29(25,26)40(38,39)24-10-6-22(31)7-11-24/h5-7,10-11,13,16,18,20,25H,2-4,8-9,12,14-15,17H2,1H3/t20-,25-,28?,29-/m0/s1. The van der Waals surface area contributed by atoms with E-state index in [4.69, 9.17) is 0 Å². The van der Waals surface area contributed by atoms with Crippen molar-refractivity contribution in [2.75, 3.05) is 0 Å². The molecule has 2 aromatic carbocycles. The molecule has 1 unspecified atom stereocenters. The summed E-state index contributed by atoms with van der Waals surface area (Å²) in [4.78, 5) is 24.8. The van der Waals surface area contributed by atoms with Crippen LogP contribution in [0.25, 0.3) is 0 Å². The summed E-state index contributed by atoms with van der Waals surface area (Å²) in [6, 6.07) is 7.88. The highest BCUT2D eigenvalue weighted by Gasteiger charge is 2.61. The maximum Gasteiger partial charge on any atom is 0.426 e. The number of fused-ring (bicyclic) bond motifs is 3. The number of carbonyl (C=O) groups is 2. The van der Waals surface area contributed by atoms with Crippen LogP contribution >= 0.6 is 0 Å². The summed E-state index contributed by atoms with van der Waals surface area (Å²) in [6.45, 7) is 0.446. The second kappa shape index (κ2) is 10.0. The van der Waals surface area contributed by atoms with Gasteiger partial charge in [0.2, 0.25) is 5.67 Å². The Balaban J connectivity index is 1.57. The average molecular weight is 583 g/mol. The molecule has 0 spiro atoms. The molecule has 2 fully saturated rings. The number of aryl methyl sites for hydroxylation is 1. The second-order valence-electron chi connectivity index (χ2n) is 11.6. The molecule has 0 radical (unpaired) electrons. The largest absolute Gasteiger partial charge is 0.426 e. The van der Waals surface area contributed by atoms with Crippen molar-refractivity contribution in [1.29, 1.82) is 0 Å². The van der Waals surface area contributed by atoms with Gasteiger partial charge in [0.05, 0.1) is 4.90 Å². The SMILES string of the molecule is CC(F)(c1ccc2c(c1)CC[C@H]1[C@H](CC(=O)C3CCC(=O)CC3)CC[C@@]21S(=O)(=O)c1ccc(F)cc1)C(F)(F)F. The zero-order chi connectivity index (χ0) is 29.1. The van der Waals surface area contributed by atoms with Crippen LogP contribution in [0.15, 0.2) is 47.4 Å². The number of rotatable bonds is 6. The summed E-state index contributed by atoms with van der Waals surface area (Å²) in [5, 5.41) is 0. The van der Waals surface area contributed by atoms with Gasteiger partial charge in [-0.15, -0.1) is 0 Å². The van der Waals surface area contributed by atoms with Crippen LogP contribution in [0, 0.1) is 23.6 Å². The van der Waals surface area contributed by atoms with Gasteiger partial charge in [-0.3, -0.25) is 9.59 Å². The number of alkyl halides is 4. The molecule has 2 aromatic rings. The Morgan fingerprint density at radius 1 is 0.950 bits per heavy atom. The number of carbonyl (C=O) groups excluding carboxylic acids is 2. The molecule has 0 aliphatic heterocycles. The van der Waals surface area contributed by atoms with Gasteiger partial charge < -0.3 is 0 Å². The van der Waals surface area contributed by atoms with E-state index in [1.165, 1.54) is 18.2 Å². The molecule has 0 aromatic heterocycles. The molecule has 0 saturated heterocycles. The molecule has 5 rings (SSSR count). The smallest absolute Gasteiger partial charge is 0.300 e. The number of sulfone groups is 1. The fourth-order valence-corrected chi connectivity index (χ4v) is 9.68. The molecule has 0 amide bonds. The van der Waals surface area contributed by atoms with Crippen LogP contribution in [0.2, 0.25) is 0 Å². The molecular formula is C30H31F5O4S. The van der Waals surface area contributed by atoms with E-state index in [0.717, 1.165) is 24.3 Å². The van der Waals surface area contributed by atoms with E-state index in [1.54, 1.807) is 0 Å². The lowest BCUT2D eigenvalue weighted by molar-refractivity contribution is -0.228. The third-order valence-electron chi connectivity index (χ3n) is 9.48. The van der Waals surface area contributed by atoms with Gasteiger partial charge in [-0.25, -0.2) is 17.2 Å². The number of hydrogen-bond acceptors (Lipinski definition) is 4. The second-order valence-corrected chi connectivity index (χ2v) is 13.9. The Hall–Kier alpha value is -2.62. The molecule has 0 bridgehead atoms. The normalized spacial score (nSPS) is 27.1. The first-order valence-corrected chi connectivity index (χ1v) is 15.1. The van der Waals surface area contributed by atoms with Crippen LogP contribution in [0.4, 0.5) is 22.0 Å². The summed E-state index contributed by atoms with van der Waals surface area (Å²) in [5.74, 6) is -1.51. The van der Waals surface area contributed by atoms with Crippen molar-refractivity contribution in [3.8, 4) is 0 Å². The molecule has 3 aliphatic rings. The number of Topliss-reactive ketones (excluding diaryl/α,β-unsaturated/α-hetero) is 2. The summed E-state index contributed by atoms with van der Waals surface area (Å²) in [6.07, 6.45) is -2.22. The van der Waals surface area contributed by atoms with Gasteiger partial charge in [0.1, 0.15) is 22.1 Å². The average Bonchev–Trinajstić information content (AvgIpc) is 3.28. The van der Waals surface area contributed by atoms with Gasteiger partial charge in [0.25, 0.3) is 0 Å². The summed E-state index contributed by atoms with van der Waals surface area (Å²) in [7, 11) is -4.21. The van der Waals surface area contributed by atoms with E-state index in [2.05, 4.69) is 0 Å². The van der Waals surface area contributed by atoms with E-state index in [-0.39, 0.29) is 47.6 Å². The molecule has 3 aliphatic carbocycles. The van der Waals surface area contributed by atoms with Gasteiger partial charge in [-0.1, -0.05) is 18.2 Å². The predicted octanol–water partition coefficient (Wildman–Crippen LogP) is 6.93. The van der Waals surface area contributed by atoms with E-state index in [0.29, 0.717) is 56.6 Å². The van der Waals surface area contributed by atoms with Crippen LogP contribution in [0.3, 0.4) is 0 Å². The van der Waals surface area contributed by atoms with Gasteiger partial charge in [0, 0.05) is 25.2 Å². The first kappa shape index (κ1) is 28.9. The van der Waals surface area contributed by atoms with Crippen molar-refractivity contribution >= 4 is 21.4 Å². The van der Waals surface area contributed by atoms with E-state index < -0.39 is 43.7 Å². The zero-order valence-corrected chi connectivity index (χ0v) is 22.9. The van der Waals surface area contributed by atoms with Crippen LogP contribution in [0.1, 0.15) is 75.0 Å². The van der Waals surface area contributed by atoms with E-state index in [1.807, 2.05) is 0 Å². The molecule has 4 nitrogen and oxygen atoms in total. The third-order valence-corrected chi connectivity index (χ3v) is 12.1. The highest BCUT2D eigenvalue weighted by molar-refractivity contribution is 7.92. The van der Waals surface area contributed by atoms with Crippen molar-refractivity contribution in [2.45, 2.75) is 86.2 Å². The van der Waals surface area contributed by atoms with Crippen LogP contribution in [-0.2, 0) is 36.3 Å². The van der Waals surface area contributed by atoms with Crippen molar-refractivity contribution in [2.24, 2.45) is 17.8 Å². The molecule has 40 heavy (non-hydrogen) atoms. The maximum atomic E-state index is 14.9. The molecular weight excluding hydrogens is 551 g/mol. The lowest BCUT2D eigenvalue weighted by Gasteiger charge is -2.43. The lowest BCUT2D eigenvalue weighted by Crippen LogP contribution is -2.45. The number of benzene rings is 2. The highest BCUT2D eigenvalue weighted by atomic mass is 32.2. The quantitative estimate of drug-likeness (QED) is 0.274. The molecule has 10 heteroatoms. The number of halogens is 5. The Morgan fingerprint density at radius 2 is 1.60 bits per heavy atom. The van der Waals surface area contributed by atoms with Crippen LogP contribution < -0.4 is 0 Å². The summed E-state index contributed by atoms with van der Waals surface area (Å²) < 4.78 is 96.2. The Labute approximate surface area is 230 Å². The molecule has 0 heterocycles. The van der Waals surface area contributed by atoms with E-state index in [9.17, 15) is 40.0 Å². The van der Waals surface area contributed by atoms with Crippen LogP contribution in [-0.4, -0.2) is 26.2 Å².